The average Bonchev–Trinajstić information content (AvgIpc) is 2.74. The van der Waals surface area contributed by atoms with Crippen LogP contribution in [0.1, 0.15) is 31.2 Å². The molecule has 5 heteroatoms. The van der Waals surface area contributed by atoms with E-state index in [1.165, 1.54) is 0 Å². The van der Waals surface area contributed by atoms with Crippen molar-refractivity contribution in [2.75, 3.05) is 31.7 Å². The van der Waals surface area contributed by atoms with Gasteiger partial charge in [-0.3, -0.25) is 4.99 Å². The Balaban J connectivity index is 1.93. The van der Waals surface area contributed by atoms with Crippen molar-refractivity contribution < 1.29 is 9.84 Å². The summed E-state index contributed by atoms with van der Waals surface area (Å²) in [5.41, 5.74) is 0.939. The quantitative estimate of drug-likeness (QED) is 0.851. The number of amidine groups is 1. The lowest BCUT2D eigenvalue weighted by atomic mass is 9.89. The molecule has 21 heavy (non-hydrogen) atoms. The van der Waals surface area contributed by atoms with Gasteiger partial charge in [-0.15, -0.1) is 0 Å². The second-order valence-electron chi connectivity index (χ2n) is 5.68. The molecule has 2 aliphatic heterocycles. The van der Waals surface area contributed by atoms with Gasteiger partial charge < -0.3 is 14.7 Å². The van der Waals surface area contributed by atoms with Gasteiger partial charge in [-0.2, -0.15) is 0 Å². The van der Waals surface area contributed by atoms with Crippen LogP contribution in [0.2, 0.25) is 5.02 Å². The molecule has 0 aliphatic carbocycles. The van der Waals surface area contributed by atoms with Crippen LogP contribution in [-0.2, 0) is 10.3 Å². The van der Waals surface area contributed by atoms with Gasteiger partial charge in [0, 0.05) is 43.1 Å². The van der Waals surface area contributed by atoms with Crippen molar-refractivity contribution in [3.63, 3.8) is 0 Å². The van der Waals surface area contributed by atoms with Gasteiger partial charge >= 0.3 is 0 Å². The van der Waals surface area contributed by atoms with Crippen molar-refractivity contribution in [1.82, 2.24) is 0 Å². The summed E-state index contributed by atoms with van der Waals surface area (Å²) in [4.78, 5) is 6.75. The second-order valence-corrected chi connectivity index (χ2v) is 6.12. The molecule has 2 aliphatic rings. The van der Waals surface area contributed by atoms with E-state index in [2.05, 4.69) is 9.89 Å². The zero-order valence-corrected chi connectivity index (χ0v) is 13.1. The molecule has 1 atom stereocenters. The number of hydrogen-bond acceptors (Lipinski definition) is 4. The normalized spacial score (nSPS) is 23.8. The Morgan fingerprint density at radius 1 is 1.43 bits per heavy atom. The molecule has 1 aromatic rings. The van der Waals surface area contributed by atoms with E-state index in [4.69, 9.17) is 16.3 Å². The summed E-state index contributed by atoms with van der Waals surface area (Å²) in [6.07, 6.45) is 3.50. The first kappa shape index (κ1) is 14.8. The van der Waals surface area contributed by atoms with E-state index in [0.717, 1.165) is 49.4 Å². The average molecular weight is 309 g/mol. The first-order chi connectivity index (χ1) is 10.2. The second kappa shape index (κ2) is 5.95. The third kappa shape index (κ3) is 2.56. The number of hydrogen-bond donors (Lipinski definition) is 1. The fraction of sp³-hybridized carbons (Fsp3) is 0.562. The van der Waals surface area contributed by atoms with Crippen molar-refractivity contribution in [1.29, 1.82) is 0 Å². The highest BCUT2D eigenvalue weighted by atomic mass is 35.5. The Morgan fingerprint density at radius 3 is 3.10 bits per heavy atom. The molecule has 2 heterocycles. The van der Waals surface area contributed by atoms with Crippen LogP contribution in [0.15, 0.2) is 23.2 Å². The minimum atomic E-state index is -1.01. The molecule has 1 unspecified atom stereocenters. The van der Waals surface area contributed by atoms with E-state index < -0.39 is 5.60 Å². The van der Waals surface area contributed by atoms with E-state index in [1.54, 1.807) is 7.11 Å². The van der Waals surface area contributed by atoms with Crippen LogP contribution in [0.5, 0.6) is 0 Å². The summed E-state index contributed by atoms with van der Waals surface area (Å²) >= 11 is 6.14. The number of aliphatic hydroxyl groups is 1. The predicted molar refractivity (Wildman–Crippen MR) is 85.3 cm³/mol. The van der Waals surface area contributed by atoms with Crippen molar-refractivity contribution in [3.05, 3.63) is 28.8 Å². The van der Waals surface area contributed by atoms with Crippen molar-refractivity contribution in [3.8, 4) is 0 Å². The first-order valence-electron chi connectivity index (χ1n) is 7.50. The summed E-state index contributed by atoms with van der Waals surface area (Å²) in [6.45, 7) is 2.41. The minimum Gasteiger partial charge on any atom is -0.385 e. The summed E-state index contributed by atoms with van der Waals surface area (Å²) in [6, 6.07) is 5.75. The van der Waals surface area contributed by atoms with E-state index in [1.807, 2.05) is 18.2 Å². The van der Waals surface area contributed by atoms with Crippen molar-refractivity contribution in [2.24, 2.45) is 4.99 Å². The summed E-state index contributed by atoms with van der Waals surface area (Å²) < 4.78 is 5.09. The number of aliphatic imine (C=N–C) groups is 1. The Hall–Kier alpha value is -1.10. The lowest BCUT2D eigenvalue weighted by molar-refractivity contribution is 0.0962. The predicted octanol–water partition coefficient (Wildman–Crippen LogP) is 2.97. The molecule has 1 N–H and O–H groups in total. The molecule has 0 saturated heterocycles. The van der Waals surface area contributed by atoms with E-state index >= 15 is 0 Å². The third-order valence-electron chi connectivity index (χ3n) is 4.26. The number of fused-ring (bicyclic) bond motifs is 3. The molecule has 0 radical (unpaired) electrons. The van der Waals surface area contributed by atoms with E-state index in [-0.39, 0.29) is 0 Å². The molecule has 0 aromatic heterocycles. The molecular formula is C16H21ClN2O2. The number of methoxy groups -OCH3 is 1. The Labute approximate surface area is 130 Å². The van der Waals surface area contributed by atoms with Gasteiger partial charge in [-0.05, 0) is 43.9 Å². The standard InChI is InChI=1S/C16H21ClN2O2/c1-21-10-3-2-7-16(20)13-11-12(17)5-6-14(13)19-9-4-8-18-15(16)19/h5-6,11,20H,2-4,7-10H2,1H3. The zero-order valence-electron chi connectivity index (χ0n) is 12.3. The molecule has 3 rings (SSSR count). The molecule has 114 valence electrons. The summed E-state index contributed by atoms with van der Waals surface area (Å²) in [5, 5.41) is 11.9. The highest BCUT2D eigenvalue weighted by molar-refractivity contribution is 6.31. The van der Waals surface area contributed by atoms with Crippen molar-refractivity contribution in [2.45, 2.75) is 31.3 Å². The third-order valence-corrected chi connectivity index (χ3v) is 4.49. The van der Waals surface area contributed by atoms with E-state index in [9.17, 15) is 5.11 Å². The number of halogens is 1. The van der Waals surface area contributed by atoms with Gasteiger partial charge in [-0.1, -0.05) is 11.6 Å². The van der Waals surface area contributed by atoms with Crippen LogP contribution in [-0.4, -0.2) is 37.7 Å². The van der Waals surface area contributed by atoms with Gasteiger partial charge in [0.25, 0.3) is 0 Å². The van der Waals surface area contributed by atoms with E-state index in [0.29, 0.717) is 18.1 Å². The van der Waals surface area contributed by atoms with Crippen LogP contribution in [0.4, 0.5) is 5.69 Å². The fourth-order valence-corrected chi connectivity index (χ4v) is 3.43. The number of benzene rings is 1. The van der Waals surface area contributed by atoms with Crippen LogP contribution in [0.25, 0.3) is 0 Å². The van der Waals surface area contributed by atoms with Crippen LogP contribution >= 0.6 is 11.6 Å². The number of rotatable bonds is 5. The first-order valence-corrected chi connectivity index (χ1v) is 7.88. The molecule has 0 bridgehead atoms. The highest BCUT2D eigenvalue weighted by Gasteiger charge is 2.47. The number of nitrogens with zero attached hydrogens (tertiary/aromatic N) is 2. The SMILES string of the molecule is COCCCCC1(O)C2=NCCCN2c2ccc(Cl)cc21. The largest absolute Gasteiger partial charge is 0.385 e. The molecule has 0 saturated carbocycles. The van der Waals surface area contributed by atoms with Gasteiger partial charge in [-0.25, -0.2) is 0 Å². The van der Waals surface area contributed by atoms with Gasteiger partial charge in [0.05, 0.1) is 0 Å². The molecular weight excluding hydrogens is 288 g/mol. The fourth-order valence-electron chi connectivity index (χ4n) is 3.26. The van der Waals surface area contributed by atoms with Crippen molar-refractivity contribution >= 4 is 23.1 Å². The summed E-state index contributed by atoms with van der Waals surface area (Å²) in [7, 11) is 1.70. The lowest BCUT2D eigenvalue weighted by Gasteiger charge is -2.30. The van der Waals surface area contributed by atoms with Gasteiger partial charge in [0.1, 0.15) is 11.4 Å². The summed E-state index contributed by atoms with van der Waals surface area (Å²) in [5.74, 6) is 0.795. The maximum absolute atomic E-state index is 11.3. The molecule has 4 nitrogen and oxygen atoms in total. The monoisotopic (exact) mass is 308 g/mol. The highest BCUT2D eigenvalue weighted by Crippen LogP contribution is 2.45. The Bertz CT molecular complexity index is 561. The van der Waals surface area contributed by atoms with Crippen LogP contribution < -0.4 is 4.90 Å². The topological polar surface area (TPSA) is 45.1 Å². The smallest absolute Gasteiger partial charge is 0.149 e. The zero-order chi connectivity index (χ0) is 14.9. The molecule has 0 amide bonds. The Morgan fingerprint density at radius 2 is 2.29 bits per heavy atom. The molecule has 0 fully saturated rings. The minimum absolute atomic E-state index is 0.652. The van der Waals surface area contributed by atoms with Gasteiger partial charge in [0.2, 0.25) is 0 Å². The lowest BCUT2D eigenvalue weighted by Crippen LogP contribution is -2.43. The number of unbranched alkanes of at least 4 members (excludes halogenated alkanes) is 1. The van der Waals surface area contributed by atoms with Crippen LogP contribution in [0.3, 0.4) is 0 Å². The maximum Gasteiger partial charge on any atom is 0.149 e. The number of ether oxygens (including phenoxy) is 1. The number of anilines is 1. The van der Waals surface area contributed by atoms with Gasteiger partial charge in [0.15, 0.2) is 0 Å². The Kier molecular flexibility index (Phi) is 4.20. The molecule has 1 aromatic carbocycles. The van der Waals surface area contributed by atoms with Crippen LogP contribution in [0, 0.1) is 0 Å². The maximum atomic E-state index is 11.3. The molecule has 0 spiro atoms.